The highest BCUT2D eigenvalue weighted by Gasteiger charge is 2.04. The van der Waals surface area contributed by atoms with Crippen molar-refractivity contribution < 1.29 is 54.6 Å². The molecular formula is C8H12O11. The Morgan fingerprint density at radius 2 is 1.00 bits per heavy atom. The molecule has 0 saturated carbocycles. The summed E-state index contributed by atoms with van der Waals surface area (Å²) in [6.07, 6.45) is -2.04. The molecule has 0 saturated heterocycles. The largest absolute Gasteiger partial charge is 0.481 e. The smallest absolute Gasteiger partial charge is 0.414 e. The van der Waals surface area contributed by atoms with Crippen molar-refractivity contribution in [3.8, 4) is 0 Å². The van der Waals surface area contributed by atoms with Gasteiger partial charge in [0.2, 0.25) is 0 Å². The van der Waals surface area contributed by atoms with E-state index in [0.29, 0.717) is 0 Å². The molecule has 0 aliphatic heterocycles. The molecule has 0 spiro atoms. The van der Waals surface area contributed by atoms with Crippen molar-refractivity contribution in [1.29, 1.82) is 0 Å². The van der Waals surface area contributed by atoms with E-state index in [2.05, 4.69) is 0 Å². The van der Waals surface area contributed by atoms with Gasteiger partial charge < -0.3 is 30.6 Å². The summed E-state index contributed by atoms with van der Waals surface area (Å²) in [5, 5.41) is 46.0. The molecule has 0 aromatic rings. The van der Waals surface area contributed by atoms with Crippen LogP contribution in [0.1, 0.15) is 13.3 Å². The van der Waals surface area contributed by atoms with Crippen LogP contribution < -0.4 is 0 Å². The van der Waals surface area contributed by atoms with Gasteiger partial charge in [-0.15, -0.1) is 0 Å². The molecule has 1 atom stereocenters. The minimum atomic E-state index is -1.82. The number of carbonyl (C=O) groups is 5. The summed E-state index contributed by atoms with van der Waals surface area (Å²) in [5.74, 6) is -7.46. The maximum absolute atomic E-state index is 9.45. The lowest BCUT2D eigenvalue weighted by Gasteiger charge is -1.89. The lowest BCUT2D eigenvalue weighted by molar-refractivity contribution is -0.159. The Bertz CT molecular complexity index is 319. The number of rotatable bonds is 3. The van der Waals surface area contributed by atoms with Crippen LogP contribution in [0.3, 0.4) is 0 Å². The van der Waals surface area contributed by atoms with Crippen molar-refractivity contribution in [3.63, 3.8) is 0 Å². The van der Waals surface area contributed by atoms with Crippen molar-refractivity contribution in [2.75, 3.05) is 0 Å². The van der Waals surface area contributed by atoms with Crippen molar-refractivity contribution in [3.05, 3.63) is 0 Å². The first kappa shape index (κ1) is 21.6. The highest BCUT2D eigenvalue weighted by Crippen LogP contribution is 1.74. The lowest BCUT2D eigenvalue weighted by Crippen LogP contribution is -2.13. The molecule has 0 aromatic carbocycles. The molecule has 1 unspecified atom stereocenters. The van der Waals surface area contributed by atoms with Gasteiger partial charge in [0.1, 0.15) is 12.5 Å². The van der Waals surface area contributed by atoms with E-state index < -0.39 is 42.4 Å². The summed E-state index contributed by atoms with van der Waals surface area (Å²) < 4.78 is 0. The first-order valence-corrected chi connectivity index (χ1v) is 4.22. The summed E-state index contributed by atoms with van der Waals surface area (Å²) in [6.45, 7) is 1.20. The van der Waals surface area contributed by atoms with Gasteiger partial charge in [-0.2, -0.15) is 0 Å². The van der Waals surface area contributed by atoms with E-state index in [1.54, 1.807) is 0 Å². The van der Waals surface area contributed by atoms with Gasteiger partial charge in [0.05, 0.1) is 0 Å². The fourth-order valence-corrected chi connectivity index (χ4v) is 0.129. The van der Waals surface area contributed by atoms with Gasteiger partial charge in [0, 0.05) is 0 Å². The van der Waals surface area contributed by atoms with Gasteiger partial charge >= 0.3 is 29.8 Å². The summed E-state index contributed by atoms with van der Waals surface area (Å²) in [7, 11) is 0. The molecule has 0 bridgehead atoms. The van der Waals surface area contributed by atoms with Gasteiger partial charge in [-0.05, 0) is 6.92 Å². The average Bonchev–Trinajstić information content (AvgIpc) is 2.16. The predicted molar refractivity (Wildman–Crippen MR) is 54.5 cm³/mol. The molecule has 0 radical (unpaired) electrons. The third-order valence-corrected chi connectivity index (χ3v) is 0.843. The van der Waals surface area contributed by atoms with Crippen LogP contribution >= 0.6 is 0 Å². The summed E-state index contributed by atoms with van der Waals surface area (Å²) >= 11 is 0. The molecule has 0 rings (SSSR count). The normalized spacial score (nSPS) is 9.58. The minimum absolute atomic E-state index is 0.806. The molecule has 0 fully saturated rings. The van der Waals surface area contributed by atoms with Crippen LogP contribution in [0.5, 0.6) is 0 Å². The Balaban J connectivity index is -0.000000203. The standard InChI is InChI=1S/C3H4O4.C3H6O3.C2H2O4/c4-2(5)1-3(6)7;1-2(4)3(5)6;3-1(4)2(5)6/h1H2,(H,4,5)(H,6,7);2,4H,1H3,(H,5,6);(H,3,4)(H,5,6). The second-order valence-electron chi connectivity index (χ2n) is 2.59. The zero-order chi connectivity index (χ0) is 16.2. The summed E-state index contributed by atoms with van der Waals surface area (Å²) in [5.41, 5.74) is 0. The summed E-state index contributed by atoms with van der Waals surface area (Å²) in [4.78, 5) is 46.5. The maximum Gasteiger partial charge on any atom is 0.414 e. The number of carboxylic acid groups (broad SMARTS) is 5. The predicted octanol–water partition coefficient (Wildman–Crippen LogP) is -1.85. The molecule has 11 heteroatoms. The number of aliphatic hydroxyl groups excluding tert-OH is 1. The molecule has 0 heterocycles. The Hall–Kier alpha value is -2.69. The van der Waals surface area contributed by atoms with Crippen molar-refractivity contribution in [1.82, 2.24) is 0 Å². The number of aliphatic hydroxyl groups is 1. The van der Waals surface area contributed by atoms with E-state index >= 15 is 0 Å². The minimum Gasteiger partial charge on any atom is -0.481 e. The van der Waals surface area contributed by atoms with E-state index in [0.717, 1.165) is 0 Å². The van der Waals surface area contributed by atoms with E-state index in [9.17, 15) is 14.4 Å². The van der Waals surface area contributed by atoms with Gasteiger partial charge in [-0.3, -0.25) is 9.59 Å². The van der Waals surface area contributed by atoms with Gasteiger partial charge in [-0.25, -0.2) is 14.4 Å². The zero-order valence-corrected chi connectivity index (χ0v) is 9.51. The molecule has 0 aromatic heterocycles. The molecule has 0 amide bonds. The van der Waals surface area contributed by atoms with E-state index in [4.69, 9.17) is 40.2 Å². The fraction of sp³-hybridized carbons (Fsp3) is 0.375. The maximum atomic E-state index is 9.45. The van der Waals surface area contributed by atoms with E-state index in [1.165, 1.54) is 6.92 Å². The van der Waals surface area contributed by atoms with Crippen molar-refractivity contribution in [2.24, 2.45) is 0 Å². The Labute approximate surface area is 105 Å². The first-order chi connectivity index (χ1) is 8.41. The zero-order valence-electron chi connectivity index (χ0n) is 9.51. The monoisotopic (exact) mass is 284 g/mol. The molecule has 0 aliphatic carbocycles. The molecule has 110 valence electrons. The first-order valence-electron chi connectivity index (χ1n) is 4.22. The highest BCUT2D eigenvalue weighted by molar-refractivity contribution is 6.27. The molecular weight excluding hydrogens is 272 g/mol. The van der Waals surface area contributed by atoms with Gasteiger partial charge in [-0.1, -0.05) is 0 Å². The SMILES string of the molecule is CC(O)C(=O)O.O=C(O)C(=O)O.O=C(O)CC(=O)O. The molecule has 11 nitrogen and oxygen atoms in total. The van der Waals surface area contributed by atoms with Gasteiger partial charge in [0.25, 0.3) is 0 Å². The summed E-state index contributed by atoms with van der Waals surface area (Å²) in [6, 6.07) is 0. The Morgan fingerprint density at radius 1 is 0.789 bits per heavy atom. The van der Waals surface area contributed by atoms with Gasteiger partial charge in [0.15, 0.2) is 0 Å². The fourth-order valence-electron chi connectivity index (χ4n) is 0.129. The Kier molecular flexibility index (Phi) is 13.4. The van der Waals surface area contributed by atoms with E-state index in [-0.39, 0.29) is 0 Å². The quantitative estimate of drug-likeness (QED) is 0.250. The Morgan fingerprint density at radius 3 is 1.00 bits per heavy atom. The van der Waals surface area contributed by atoms with Crippen molar-refractivity contribution >= 4 is 29.8 Å². The van der Waals surface area contributed by atoms with Crippen LogP contribution in [0.2, 0.25) is 0 Å². The van der Waals surface area contributed by atoms with Crippen LogP contribution in [0.15, 0.2) is 0 Å². The topological polar surface area (TPSA) is 207 Å². The van der Waals surface area contributed by atoms with Crippen LogP contribution in [-0.2, 0) is 24.0 Å². The average molecular weight is 284 g/mol. The lowest BCUT2D eigenvalue weighted by atomic mass is 10.4. The molecule has 6 N–H and O–H groups in total. The molecule has 19 heavy (non-hydrogen) atoms. The number of carboxylic acids is 5. The third-order valence-electron chi connectivity index (χ3n) is 0.843. The van der Waals surface area contributed by atoms with Crippen LogP contribution in [0, 0.1) is 0 Å². The van der Waals surface area contributed by atoms with E-state index in [1.807, 2.05) is 0 Å². The number of hydrogen-bond donors (Lipinski definition) is 6. The van der Waals surface area contributed by atoms with Crippen molar-refractivity contribution in [2.45, 2.75) is 19.4 Å². The number of aliphatic carboxylic acids is 5. The van der Waals surface area contributed by atoms with Crippen LogP contribution in [0.4, 0.5) is 0 Å². The highest BCUT2D eigenvalue weighted by atomic mass is 16.4. The third kappa shape index (κ3) is 31.3. The second-order valence-corrected chi connectivity index (χ2v) is 2.59. The molecule has 0 aliphatic rings. The van der Waals surface area contributed by atoms with Crippen LogP contribution in [0.25, 0.3) is 0 Å². The number of hydrogen-bond acceptors (Lipinski definition) is 6. The van der Waals surface area contributed by atoms with Crippen LogP contribution in [-0.4, -0.2) is 66.6 Å². The second kappa shape index (κ2) is 11.8.